The molecule has 2 rings (SSSR count). The number of benzene rings is 1. The first-order valence-corrected chi connectivity index (χ1v) is 7.35. The maximum Gasteiger partial charge on any atom is 0.0485 e. The first-order chi connectivity index (χ1) is 8.09. The summed E-state index contributed by atoms with van der Waals surface area (Å²) in [4.78, 5) is 0. The Morgan fingerprint density at radius 1 is 1.12 bits per heavy atom. The predicted octanol–water partition coefficient (Wildman–Crippen LogP) is 4.86. The van der Waals surface area contributed by atoms with Crippen LogP contribution in [0.3, 0.4) is 0 Å². The molecule has 0 amide bonds. The van der Waals surface area contributed by atoms with Crippen LogP contribution in [0.5, 0.6) is 0 Å². The number of thioether (sulfide) groups is 1. The summed E-state index contributed by atoms with van der Waals surface area (Å²) in [6.45, 7) is 9.03. The van der Waals surface area contributed by atoms with E-state index in [2.05, 4.69) is 62.6 Å². The van der Waals surface area contributed by atoms with E-state index in [0.717, 1.165) is 5.75 Å². The molecular formula is C15H21NS. The number of hydrogen-bond donors (Lipinski definition) is 0. The smallest absolute Gasteiger partial charge is 0.0485 e. The highest BCUT2D eigenvalue weighted by molar-refractivity contribution is 7.99. The molecule has 1 nitrogen and oxygen atoms in total. The zero-order chi connectivity index (χ0) is 12.4. The monoisotopic (exact) mass is 247 g/mol. The van der Waals surface area contributed by atoms with Gasteiger partial charge in [-0.15, -0.1) is 0 Å². The van der Waals surface area contributed by atoms with E-state index in [4.69, 9.17) is 0 Å². The third kappa shape index (κ3) is 2.68. The van der Waals surface area contributed by atoms with Crippen LogP contribution in [0, 0.1) is 0 Å². The molecule has 0 N–H and O–H groups in total. The summed E-state index contributed by atoms with van der Waals surface area (Å²) < 4.78 is 2.46. The lowest BCUT2D eigenvalue weighted by molar-refractivity contribution is 0.606. The van der Waals surface area contributed by atoms with E-state index < -0.39 is 0 Å². The molecule has 1 aromatic carbocycles. The van der Waals surface area contributed by atoms with Crippen LogP contribution < -0.4 is 0 Å². The minimum atomic E-state index is 0.526. The summed E-state index contributed by atoms with van der Waals surface area (Å²) in [5.74, 6) is 1.10. The van der Waals surface area contributed by atoms with Gasteiger partial charge < -0.3 is 4.57 Å². The van der Waals surface area contributed by atoms with E-state index in [-0.39, 0.29) is 0 Å². The molecule has 0 aliphatic heterocycles. The number of aromatic nitrogens is 1. The molecule has 0 aliphatic rings. The number of para-hydroxylation sites is 1. The van der Waals surface area contributed by atoms with Gasteiger partial charge in [0.2, 0.25) is 0 Å². The highest BCUT2D eigenvalue weighted by atomic mass is 32.2. The van der Waals surface area contributed by atoms with Gasteiger partial charge >= 0.3 is 0 Å². The first-order valence-electron chi connectivity index (χ1n) is 6.30. The van der Waals surface area contributed by atoms with Gasteiger partial charge in [-0.05, 0) is 36.6 Å². The second-order valence-corrected chi connectivity index (χ2v) is 6.58. The zero-order valence-electron chi connectivity index (χ0n) is 11.1. The van der Waals surface area contributed by atoms with Crippen LogP contribution in [-0.4, -0.2) is 9.82 Å². The molecule has 0 saturated heterocycles. The van der Waals surface area contributed by atoms with Crippen LogP contribution in [0.1, 0.15) is 39.4 Å². The molecule has 0 aliphatic carbocycles. The molecule has 0 fully saturated rings. The predicted molar refractivity (Wildman–Crippen MR) is 78.8 cm³/mol. The third-order valence-electron chi connectivity index (χ3n) is 2.91. The van der Waals surface area contributed by atoms with Crippen LogP contribution in [0.25, 0.3) is 10.9 Å². The summed E-state index contributed by atoms with van der Waals surface area (Å²) in [5, 5.41) is 2.05. The second-order valence-electron chi connectivity index (χ2n) is 5.02. The SMILES string of the molecule is CC(C)SCc1cc2ccccc2n1C(C)C. The zero-order valence-corrected chi connectivity index (χ0v) is 11.9. The first kappa shape index (κ1) is 12.6. The van der Waals surface area contributed by atoms with Gasteiger partial charge in [-0.3, -0.25) is 0 Å². The lowest BCUT2D eigenvalue weighted by Gasteiger charge is -2.15. The van der Waals surface area contributed by atoms with Gasteiger partial charge in [-0.1, -0.05) is 32.0 Å². The Labute approximate surface area is 108 Å². The topological polar surface area (TPSA) is 4.93 Å². The van der Waals surface area contributed by atoms with Gasteiger partial charge in [0.15, 0.2) is 0 Å². The van der Waals surface area contributed by atoms with Crippen molar-refractivity contribution in [2.24, 2.45) is 0 Å². The van der Waals surface area contributed by atoms with Gasteiger partial charge in [0, 0.05) is 23.0 Å². The molecule has 1 heterocycles. The van der Waals surface area contributed by atoms with Crippen LogP contribution in [0.15, 0.2) is 30.3 Å². The highest BCUT2D eigenvalue weighted by Crippen LogP contribution is 2.27. The van der Waals surface area contributed by atoms with Gasteiger partial charge in [-0.25, -0.2) is 0 Å². The molecule has 0 spiro atoms. The molecule has 2 heteroatoms. The Balaban J connectivity index is 2.43. The van der Waals surface area contributed by atoms with Crippen molar-refractivity contribution < 1.29 is 0 Å². The lowest BCUT2D eigenvalue weighted by Crippen LogP contribution is -2.05. The largest absolute Gasteiger partial charge is 0.341 e. The van der Waals surface area contributed by atoms with Crippen molar-refractivity contribution in [2.75, 3.05) is 0 Å². The number of fused-ring (bicyclic) bond motifs is 1. The minimum Gasteiger partial charge on any atom is -0.341 e. The van der Waals surface area contributed by atoms with Gasteiger partial charge in [0.1, 0.15) is 0 Å². The number of rotatable bonds is 4. The second kappa shape index (κ2) is 5.18. The number of nitrogens with zero attached hydrogens (tertiary/aromatic N) is 1. The fourth-order valence-corrected chi connectivity index (χ4v) is 2.93. The maximum atomic E-state index is 2.46. The Morgan fingerprint density at radius 2 is 1.82 bits per heavy atom. The quantitative estimate of drug-likeness (QED) is 0.746. The van der Waals surface area contributed by atoms with E-state index in [1.807, 2.05) is 11.8 Å². The van der Waals surface area contributed by atoms with Gasteiger partial charge in [0.25, 0.3) is 0 Å². The van der Waals surface area contributed by atoms with E-state index >= 15 is 0 Å². The molecule has 0 unspecified atom stereocenters. The van der Waals surface area contributed by atoms with Gasteiger partial charge in [-0.2, -0.15) is 11.8 Å². The maximum absolute atomic E-state index is 2.46. The Morgan fingerprint density at radius 3 is 2.47 bits per heavy atom. The molecule has 92 valence electrons. The molecule has 2 aromatic rings. The Bertz CT molecular complexity index is 497. The summed E-state index contributed by atoms with van der Waals surface area (Å²) in [5.41, 5.74) is 2.81. The summed E-state index contributed by atoms with van der Waals surface area (Å²) in [6.07, 6.45) is 0. The average molecular weight is 247 g/mol. The van der Waals surface area contributed by atoms with Crippen molar-refractivity contribution in [3.63, 3.8) is 0 Å². The lowest BCUT2D eigenvalue weighted by atomic mass is 10.2. The fourth-order valence-electron chi connectivity index (χ4n) is 2.21. The number of hydrogen-bond acceptors (Lipinski definition) is 1. The van der Waals surface area contributed by atoms with E-state index in [9.17, 15) is 0 Å². The van der Waals surface area contributed by atoms with Crippen molar-refractivity contribution >= 4 is 22.7 Å². The fraction of sp³-hybridized carbons (Fsp3) is 0.467. The summed E-state index contributed by atoms with van der Waals surface area (Å²) in [6, 6.07) is 11.5. The molecular weight excluding hydrogens is 226 g/mol. The van der Waals surface area contributed by atoms with E-state index in [1.165, 1.54) is 16.6 Å². The average Bonchev–Trinajstić information content (AvgIpc) is 2.64. The van der Waals surface area contributed by atoms with E-state index in [0.29, 0.717) is 11.3 Å². The van der Waals surface area contributed by atoms with Crippen molar-refractivity contribution in [2.45, 2.75) is 44.7 Å². The third-order valence-corrected chi connectivity index (χ3v) is 4.04. The van der Waals surface area contributed by atoms with Crippen molar-refractivity contribution in [3.05, 3.63) is 36.0 Å². The van der Waals surface area contributed by atoms with Crippen molar-refractivity contribution in [3.8, 4) is 0 Å². The summed E-state index contributed by atoms with van der Waals surface area (Å²) >= 11 is 2.01. The van der Waals surface area contributed by atoms with Crippen LogP contribution in [-0.2, 0) is 5.75 Å². The van der Waals surface area contributed by atoms with Crippen LogP contribution >= 0.6 is 11.8 Å². The molecule has 0 atom stereocenters. The molecule has 0 bridgehead atoms. The summed E-state index contributed by atoms with van der Waals surface area (Å²) in [7, 11) is 0. The van der Waals surface area contributed by atoms with Gasteiger partial charge in [0.05, 0.1) is 0 Å². The minimum absolute atomic E-state index is 0.526. The van der Waals surface area contributed by atoms with Crippen LogP contribution in [0.2, 0.25) is 0 Å². The molecule has 17 heavy (non-hydrogen) atoms. The Kier molecular flexibility index (Phi) is 3.82. The highest BCUT2D eigenvalue weighted by Gasteiger charge is 2.11. The Hall–Kier alpha value is -0.890. The molecule has 0 saturated carbocycles. The van der Waals surface area contributed by atoms with Crippen LogP contribution in [0.4, 0.5) is 0 Å². The van der Waals surface area contributed by atoms with Crippen molar-refractivity contribution in [1.82, 2.24) is 4.57 Å². The van der Waals surface area contributed by atoms with E-state index in [1.54, 1.807) is 0 Å². The standard InChI is InChI=1S/C15H21NS/c1-11(2)16-14(10-17-12(3)4)9-13-7-5-6-8-15(13)16/h5-9,11-12H,10H2,1-4H3. The molecule has 1 aromatic heterocycles. The molecule has 0 radical (unpaired) electrons. The van der Waals surface area contributed by atoms with Crippen molar-refractivity contribution in [1.29, 1.82) is 0 Å². The normalized spacial score (nSPS) is 11.9.